The predicted molar refractivity (Wildman–Crippen MR) is 110 cm³/mol. The summed E-state index contributed by atoms with van der Waals surface area (Å²) < 4.78 is 16.0. The molecule has 0 radical (unpaired) electrons. The normalized spacial score (nSPS) is 10.2. The number of carbonyl (C=O) groups is 1. The third-order valence-corrected chi connectivity index (χ3v) is 3.99. The fourth-order valence-corrected chi connectivity index (χ4v) is 2.60. The number of rotatable bonds is 8. The number of benzene rings is 2. The number of methoxy groups -OCH3 is 2. The topological polar surface area (TPSA) is 94.6 Å². The number of carbonyl (C=O) groups excluding carboxylic acids is 1. The molecule has 8 heteroatoms. The van der Waals surface area contributed by atoms with Crippen molar-refractivity contribution in [2.24, 2.45) is 0 Å². The third kappa shape index (κ3) is 4.92. The molecule has 3 rings (SSSR count). The van der Waals surface area contributed by atoms with Gasteiger partial charge in [-0.05, 0) is 31.2 Å². The van der Waals surface area contributed by atoms with Crippen molar-refractivity contribution in [2.75, 3.05) is 31.5 Å². The van der Waals surface area contributed by atoms with E-state index >= 15 is 0 Å². The molecule has 2 N–H and O–H groups in total. The molecule has 2 aromatic carbocycles. The molecular weight excluding hydrogens is 372 g/mol. The van der Waals surface area contributed by atoms with Gasteiger partial charge in [0.1, 0.15) is 28.8 Å². The predicted octanol–water partition coefficient (Wildman–Crippen LogP) is 3.89. The fourth-order valence-electron chi connectivity index (χ4n) is 2.60. The summed E-state index contributed by atoms with van der Waals surface area (Å²) in [4.78, 5) is 21.0. The highest BCUT2D eigenvalue weighted by Crippen LogP contribution is 2.29. The van der Waals surface area contributed by atoms with E-state index in [0.29, 0.717) is 35.4 Å². The van der Waals surface area contributed by atoms with Crippen LogP contribution in [0.1, 0.15) is 17.4 Å². The minimum absolute atomic E-state index is 0.165. The summed E-state index contributed by atoms with van der Waals surface area (Å²) in [6.45, 7) is 2.47. The summed E-state index contributed by atoms with van der Waals surface area (Å²) in [6, 6.07) is 12.7. The second kappa shape index (κ2) is 9.41. The number of anilines is 3. The third-order valence-electron chi connectivity index (χ3n) is 3.99. The molecule has 1 heterocycles. The molecule has 0 fully saturated rings. The van der Waals surface area contributed by atoms with Crippen LogP contribution in [0.3, 0.4) is 0 Å². The number of nitrogens with one attached hydrogen (secondary N) is 2. The lowest BCUT2D eigenvalue weighted by molar-refractivity contribution is 0.102. The van der Waals surface area contributed by atoms with Crippen molar-refractivity contribution in [1.82, 2.24) is 9.97 Å². The Kier molecular flexibility index (Phi) is 6.47. The van der Waals surface area contributed by atoms with Crippen LogP contribution in [0.25, 0.3) is 0 Å². The molecular formula is C21H22N4O4. The molecule has 1 aromatic heterocycles. The van der Waals surface area contributed by atoms with Gasteiger partial charge in [0.25, 0.3) is 5.91 Å². The number of aromatic nitrogens is 2. The van der Waals surface area contributed by atoms with Crippen LogP contribution in [0.4, 0.5) is 17.2 Å². The van der Waals surface area contributed by atoms with Crippen LogP contribution in [0, 0.1) is 0 Å². The van der Waals surface area contributed by atoms with Crippen LogP contribution in [0.15, 0.2) is 54.9 Å². The molecule has 0 aliphatic heterocycles. The Hall–Kier alpha value is -3.81. The second-order valence-electron chi connectivity index (χ2n) is 5.86. The average molecular weight is 394 g/mol. The molecule has 0 aliphatic carbocycles. The van der Waals surface area contributed by atoms with Gasteiger partial charge in [-0.1, -0.05) is 12.1 Å². The Bertz CT molecular complexity index is 977. The van der Waals surface area contributed by atoms with Crippen LogP contribution in [0.5, 0.6) is 17.2 Å². The van der Waals surface area contributed by atoms with Gasteiger partial charge in [-0.25, -0.2) is 9.97 Å². The first-order valence-electron chi connectivity index (χ1n) is 8.99. The first kappa shape index (κ1) is 19.9. The van der Waals surface area contributed by atoms with E-state index in [1.807, 2.05) is 31.2 Å². The van der Waals surface area contributed by atoms with Gasteiger partial charge in [0.15, 0.2) is 0 Å². The van der Waals surface area contributed by atoms with Gasteiger partial charge in [0, 0.05) is 6.07 Å². The van der Waals surface area contributed by atoms with E-state index in [1.54, 1.807) is 25.3 Å². The zero-order chi connectivity index (χ0) is 20.6. The molecule has 0 saturated heterocycles. The van der Waals surface area contributed by atoms with Gasteiger partial charge < -0.3 is 24.8 Å². The molecule has 8 nitrogen and oxygen atoms in total. The highest BCUT2D eigenvalue weighted by molar-refractivity contribution is 6.03. The second-order valence-corrected chi connectivity index (χ2v) is 5.86. The van der Waals surface area contributed by atoms with E-state index in [0.717, 1.165) is 5.69 Å². The van der Waals surface area contributed by atoms with E-state index < -0.39 is 5.91 Å². The van der Waals surface area contributed by atoms with E-state index in [9.17, 15) is 4.79 Å². The average Bonchev–Trinajstić information content (AvgIpc) is 2.75. The molecule has 29 heavy (non-hydrogen) atoms. The molecule has 0 unspecified atom stereocenters. The van der Waals surface area contributed by atoms with Crippen LogP contribution < -0.4 is 24.8 Å². The van der Waals surface area contributed by atoms with Crippen LogP contribution >= 0.6 is 0 Å². The van der Waals surface area contributed by atoms with Crippen molar-refractivity contribution >= 4 is 23.1 Å². The zero-order valence-corrected chi connectivity index (χ0v) is 16.4. The Morgan fingerprint density at radius 3 is 2.48 bits per heavy atom. The minimum atomic E-state index is -0.412. The maximum atomic E-state index is 12.5. The molecule has 1 amide bonds. The zero-order valence-electron chi connectivity index (χ0n) is 16.4. The summed E-state index contributed by atoms with van der Waals surface area (Å²) in [5, 5.41) is 5.90. The monoisotopic (exact) mass is 394 g/mol. The SMILES string of the molecule is CCOc1ccccc1Nc1cnc(C(=O)Nc2cc(OC)ccc2OC)cn1. The van der Waals surface area contributed by atoms with Crippen LogP contribution in [-0.2, 0) is 0 Å². The lowest BCUT2D eigenvalue weighted by atomic mass is 10.2. The standard InChI is InChI=1S/C21H22N4O4/c1-4-29-19-8-6-5-7-15(19)24-20-13-22-17(12-23-20)21(26)25-16-11-14(27-2)9-10-18(16)28-3/h5-13H,4H2,1-3H3,(H,23,24)(H,25,26). The summed E-state index contributed by atoms with van der Waals surface area (Å²) in [7, 11) is 3.08. The number of hydrogen-bond acceptors (Lipinski definition) is 7. The van der Waals surface area contributed by atoms with Crippen molar-refractivity contribution in [1.29, 1.82) is 0 Å². The van der Waals surface area contributed by atoms with Crippen molar-refractivity contribution < 1.29 is 19.0 Å². The summed E-state index contributed by atoms with van der Waals surface area (Å²) in [5.41, 5.74) is 1.41. The van der Waals surface area contributed by atoms with E-state index in [-0.39, 0.29) is 5.69 Å². The molecule has 0 atom stereocenters. The summed E-state index contributed by atoms with van der Waals surface area (Å²) in [5.74, 6) is 1.90. The maximum Gasteiger partial charge on any atom is 0.275 e. The highest BCUT2D eigenvalue weighted by atomic mass is 16.5. The molecule has 3 aromatic rings. The number of nitrogens with zero attached hydrogens (tertiary/aromatic N) is 2. The molecule has 0 aliphatic rings. The van der Waals surface area contributed by atoms with E-state index in [1.165, 1.54) is 19.5 Å². The van der Waals surface area contributed by atoms with Gasteiger partial charge in [-0.15, -0.1) is 0 Å². The lowest BCUT2D eigenvalue weighted by Crippen LogP contribution is -2.15. The maximum absolute atomic E-state index is 12.5. The van der Waals surface area contributed by atoms with E-state index in [4.69, 9.17) is 14.2 Å². The fraction of sp³-hybridized carbons (Fsp3) is 0.190. The number of para-hydroxylation sites is 2. The Balaban J connectivity index is 1.73. The van der Waals surface area contributed by atoms with Gasteiger partial charge in [-0.2, -0.15) is 0 Å². The van der Waals surface area contributed by atoms with Crippen molar-refractivity contribution in [3.8, 4) is 17.2 Å². The Labute approximate surface area is 168 Å². The summed E-state index contributed by atoms with van der Waals surface area (Å²) in [6.07, 6.45) is 2.88. The van der Waals surface area contributed by atoms with Crippen molar-refractivity contribution in [2.45, 2.75) is 6.92 Å². The molecule has 150 valence electrons. The largest absolute Gasteiger partial charge is 0.497 e. The minimum Gasteiger partial charge on any atom is -0.497 e. The summed E-state index contributed by atoms with van der Waals surface area (Å²) >= 11 is 0. The first-order chi connectivity index (χ1) is 14.1. The van der Waals surface area contributed by atoms with Gasteiger partial charge in [0.05, 0.1) is 44.6 Å². The lowest BCUT2D eigenvalue weighted by Gasteiger charge is -2.12. The van der Waals surface area contributed by atoms with Gasteiger partial charge in [-0.3, -0.25) is 4.79 Å². The van der Waals surface area contributed by atoms with Gasteiger partial charge in [0.2, 0.25) is 0 Å². The van der Waals surface area contributed by atoms with Crippen LogP contribution in [-0.4, -0.2) is 36.7 Å². The molecule has 0 saturated carbocycles. The Morgan fingerprint density at radius 1 is 0.966 bits per heavy atom. The Morgan fingerprint density at radius 2 is 1.79 bits per heavy atom. The van der Waals surface area contributed by atoms with Crippen LogP contribution in [0.2, 0.25) is 0 Å². The number of ether oxygens (including phenoxy) is 3. The van der Waals surface area contributed by atoms with Gasteiger partial charge >= 0.3 is 0 Å². The number of hydrogen-bond donors (Lipinski definition) is 2. The smallest absolute Gasteiger partial charge is 0.275 e. The van der Waals surface area contributed by atoms with Crippen molar-refractivity contribution in [3.05, 3.63) is 60.6 Å². The van der Waals surface area contributed by atoms with E-state index in [2.05, 4.69) is 20.6 Å². The highest BCUT2D eigenvalue weighted by Gasteiger charge is 2.13. The first-order valence-corrected chi connectivity index (χ1v) is 8.99. The van der Waals surface area contributed by atoms with Crippen molar-refractivity contribution in [3.63, 3.8) is 0 Å². The molecule has 0 bridgehead atoms. The quantitative estimate of drug-likeness (QED) is 0.598. The molecule has 0 spiro atoms. The number of amides is 1.